The summed E-state index contributed by atoms with van der Waals surface area (Å²) in [5.74, 6) is -0.347. The van der Waals surface area contributed by atoms with Crippen molar-refractivity contribution in [3.05, 3.63) is 12.2 Å². The Balaban J connectivity index is -0.0000000600. The minimum absolute atomic E-state index is 0. The molecule has 0 bridgehead atoms. The number of ether oxygens (including phenoxy) is 1. The molecule has 0 atom stereocenters. The zero-order valence-electron chi connectivity index (χ0n) is 7.23. The Bertz CT molecular complexity index is 106. The Morgan fingerprint density at radius 3 is 2.12 bits per heavy atom. The molecule has 0 aliphatic heterocycles. The molecule has 0 N–H and O–H groups in total. The zero-order chi connectivity index (χ0) is 5.86. The molecule has 0 saturated carbocycles. The summed E-state index contributed by atoms with van der Waals surface area (Å²) in [6.45, 7) is 4.95. The molecule has 0 aliphatic carbocycles. The Morgan fingerprint density at radius 1 is 1.75 bits per heavy atom. The smallest absolute Gasteiger partial charge is 1.00 e. The average molecular weight is 126 g/mol. The topological polar surface area (TPSA) is 26.3 Å². The van der Waals surface area contributed by atoms with Gasteiger partial charge >= 0.3 is 29.0 Å². The van der Waals surface area contributed by atoms with Gasteiger partial charge in [-0.25, -0.2) is 4.79 Å². The maximum absolute atomic E-state index is 10.2. The number of rotatable bonds is 1. The number of esters is 1. The first kappa shape index (κ1) is 10.9. The maximum atomic E-state index is 10.2. The van der Waals surface area contributed by atoms with Crippen LogP contribution in [0.25, 0.3) is 0 Å². The molecule has 0 fully saturated rings. The fourth-order valence-corrected chi connectivity index (χ4v) is 0.174. The van der Waals surface area contributed by atoms with Crippen LogP contribution in [-0.2, 0) is 9.53 Å². The Hall–Kier alpha value is -0.0238. The molecule has 0 saturated heterocycles. The van der Waals surface area contributed by atoms with Crippen LogP contribution >= 0.6 is 0 Å². The molecular weight excluding hydrogens is 116 g/mol. The molecule has 0 spiro atoms. The van der Waals surface area contributed by atoms with Gasteiger partial charge < -0.3 is 7.59 Å². The van der Waals surface area contributed by atoms with Crippen LogP contribution in [0.2, 0.25) is 0 Å². The summed E-state index contributed by atoms with van der Waals surface area (Å²) in [4.78, 5) is 10.2. The van der Waals surface area contributed by atoms with Gasteiger partial charge in [-0.1, -0.05) is 6.58 Å². The number of carbonyl (C=O) groups is 1. The third-order valence-corrected chi connectivity index (χ3v) is 0.534. The van der Waals surface area contributed by atoms with Gasteiger partial charge in [0.05, 0.1) is 7.11 Å². The van der Waals surface area contributed by atoms with E-state index in [1.54, 1.807) is 6.92 Å². The van der Waals surface area contributed by atoms with Crippen LogP contribution in [0.5, 0.6) is 0 Å². The van der Waals surface area contributed by atoms with Crippen molar-refractivity contribution in [2.45, 2.75) is 6.92 Å². The third kappa shape index (κ3) is 4.14. The van der Waals surface area contributed by atoms with Crippen LogP contribution in [0.15, 0.2) is 12.2 Å². The second kappa shape index (κ2) is 5.12. The minimum atomic E-state index is -0.347. The van der Waals surface area contributed by atoms with Crippen molar-refractivity contribution in [3.63, 3.8) is 0 Å². The number of carbonyl (C=O) groups excluding carboxylic acids is 1. The van der Waals surface area contributed by atoms with Gasteiger partial charge in [-0.15, -0.1) is 0 Å². The van der Waals surface area contributed by atoms with E-state index < -0.39 is 0 Å². The Labute approximate surface area is 68.0 Å². The second-order valence-electron chi connectivity index (χ2n) is 1.27. The van der Waals surface area contributed by atoms with E-state index in [1.165, 1.54) is 7.11 Å². The van der Waals surface area contributed by atoms with Crippen LogP contribution < -0.4 is 0 Å². The standard InChI is InChI=1S/C5H8O2.Mg.2H/c1-4(2)5(6)7-3;;;/h1H2,2-3H3;;;/q;+2;2*-1. The van der Waals surface area contributed by atoms with E-state index in [1.807, 2.05) is 0 Å². The van der Waals surface area contributed by atoms with Crippen molar-refractivity contribution in [2.24, 2.45) is 0 Å². The molecule has 0 aromatic carbocycles. The Morgan fingerprint density at radius 2 is 2.12 bits per heavy atom. The summed E-state index contributed by atoms with van der Waals surface area (Å²) in [5, 5.41) is 0. The fraction of sp³-hybridized carbons (Fsp3) is 0.400. The first-order valence-electron chi connectivity index (χ1n) is 1.92. The summed E-state index contributed by atoms with van der Waals surface area (Å²) < 4.78 is 4.27. The molecule has 0 radical (unpaired) electrons. The monoisotopic (exact) mass is 126 g/mol. The van der Waals surface area contributed by atoms with Crippen molar-refractivity contribution < 1.29 is 12.4 Å². The van der Waals surface area contributed by atoms with E-state index in [0.29, 0.717) is 5.57 Å². The predicted molar refractivity (Wildman–Crippen MR) is 34.8 cm³/mol. The van der Waals surface area contributed by atoms with E-state index >= 15 is 0 Å². The quantitative estimate of drug-likeness (QED) is 0.292. The SMILES string of the molecule is C=C(C)C(=O)OC.[H-].[H-].[Mg+2]. The van der Waals surface area contributed by atoms with Crippen molar-refractivity contribution >= 4 is 29.0 Å². The van der Waals surface area contributed by atoms with E-state index in [2.05, 4.69) is 11.3 Å². The molecule has 0 rings (SSSR count). The molecule has 0 heterocycles. The summed E-state index contributed by atoms with van der Waals surface area (Å²) >= 11 is 0. The summed E-state index contributed by atoms with van der Waals surface area (Å²) in [7, 11) is 1.33. The van der Waals surface area contributed by atoms with E-state index in [0.717, 1.165) is 0 Å². The van der Waals surface area contributed by atoms with Gasteiger partial charge in [-0.05, 0) is 6.92 Å². The van der Waals surface area contributed by atoms with Gasteiger partial charge in [-0.3, -0.25) is 0 Å². The molecule has 2 nitrogen and oxygen atoms in total. The predicted octanol–water partition coefficient (Wildman–Crippen LogP) is 0.580. The van der Waals surface area contributed by atoms with Crippen molar-refractivity contribution in [3.8, 4) is 0 Å². The number of hydrogen-bond donors (Lipinski definition) is 0. The molecule has 0 aliphatic rings. The maximum Gasteiger partial charge on any atom is 2.00 e. The van der Waals surface area contributed by atoms with Gasteiger partial charge in [0, 0.05) is 5.57 Å². The second-order valence-corrected chi connectivity index (χ2v) is 1.27. The molecule has 0 aromatic rings. The summed E-state index contributed by atoms with van der Waals surface area (Å²) in [5.41, 5.74) is 0.433. The molecule has 8 heavy (non-hydrogen) atoms. The van der Waals surface area contributed by atoms with Crippen molar-refractivity contribution in [2.75, 3.05) is 7.11 Å². The summed E-state index contributed by atoms with van der Waals surface area (Å²) in [6.07, 6.45) is 0. The molecule has 0 amide bonds. The van der Waals surface area contributed by atoms with Gasteiger partial charge in [0.25, 0.3) is 0 Å². The van der Waals surface area contributed by atoms with Crippen LogP contribution in [0.3, 0.4) is 0 Å². The average Bonchev–Trinajstić information content (AvgIpc) is 1.65. The largest absolute Gasteiger partial charge is 2.00 e. The van der Waals surface area contributed by atoms with Crippen molar-refractivity contribution in [1.82, 2.24) is 0 Å². The van der Waals surface area contributed by atoms with Gasteiger partial charge in [0.2, 0.25) is 0 Å². The van der Waals surface area contributed by atoms with Gasteiger partial charge in [0.1, 0.15) is 0 Å². The third-order valence-electron chi connectivity index (χ3n) is 0.534. The zero-order valence-corrected chi connectivity index (χ0v) is 6.64. The van der Waals surface area contributed by atoms with E-state index in [-0.39, 0.29) is 31.9 Å². The first-order valence-corrected chi connectivity index (χ1v) is 1.92. The molecule has 3 heteroatoms. The van der Waals surface area contributed by atoms with E-state index in [4.69, 9.17) is 0 Å². The molecule has 0 aromatic heterocycles. The van der Waals surface area contributed by atoms with Gasteiger partial charge in [-0.2, -0.15) is 0 Å². The molecular formula is C5H10MgO2. The molecule has 0 unspecified atom stereocenters. The van der Waals surface area contributed by atoms with E-state index in [9.17, 15) is 4.79 Å². The van der Waals surface area contributed by atoms with Crippen LogP contribution in [-0.4, -0.2) is 36.1 Å². The normalized spacial score (nSPS) is 6.75. The van der Waals surface area contributed by atoms with Crippen molar-refractivity contribution in [1.29, 1.82) is 0 Å². The number of methoxy groups -OCH3 is 1. The van der Waals surface area contributed by atoms with Crippen LogP contribution in [0, 0.1) is 0 Å². The summed E-state index contributed by atoms with van der Waals surface area (Å²) in [6, 6.07) is 0. The molecule has 44 valence electrons. The van der Waals surface area contributed by atoms with Crippen LogP contribution in [0.4, 0.5) is 0 Å². The Kier molecular flexibility index (Phi) is 6.96. The first-order chi connectivity index (χ1) is 3.18. The van der Waals surface area contributed by atoms with Gasteiger partial charge in [0.15, 0.2) is 0 Å². The minimum Gasteiger partial charge on any atom is -1.00 e. The fourth-order valence-electron chi connectivity index (χ4n) is 0.174. The number of hydrogen-bond acceptors (Lipinski definition) is 2. The van der Waals surface area contributed by atoms with Crippen LogP contribution in [0.1, 0.15) is 9.78 Å².